The Morgan fingerprint density at radius 2 is 1.17 bits per heavy atom. The van der Waals surface area contributed by atoms with Gasteiger partial charge in [0.05, 0.1) is 0 Å². The molecule has 1 fully saturated rings. The second-order valence-electron chi connectivity index (χ2n) is 2.88. The van der Waals surface area contributed by atoms with E-state index in [1.807, 2.05) is 0 Å². The van der Waals surface area contributed by atoms with Gasteiger partial charge in [0.2, 0.25) is 0 Å². The van der Waals surface area contributed by atoms with Crippen LogP contribution in [0.25, 0.3) is 0 Å². The van der Waals surface area contributed by atoms with E-state index >= 15 is 0 Å². The fourth-order valence-corrected chi connectivity index (χ4v) is 41.2. The topological polar surface area (TPSA) is 0 Å². The minimum atomic E-state index is -2.35. The second-order valence-corrected chi connectivity index (χ2v) is 25.3. The third-order valence-electron chi connectivity index (χ3n) is 1.36. The normalized spacial score (nSPS) is 34.2. The largest absolute Gasteiger partial charge is 0.261 e. The van der Waals surface area contributed by atoms with Crippen LogP contribution in [0.5, 0.6) is 0 Å². The molecule has 0 spiro atoms. The van der Waals surface area contributed by atoms with Crippen LogP contribution >= 0.6 is 74.1 Å². The van der Waals surface area contributed by atoms with Crippen LogP contribution in [0.4, 0.5) is 0 Å². The van der Waals surface area contributed by atoms with Crippen molar-refractivity contribution < 1.29 is 0 Å². The van der Waals surface area contributed by atoms with Gasteiger partial charge in [-0.15, -0.1) is 44.3 Å². The van der Waals surface area contributed by atoms with Gasteiger partial charge in [-0.3, -0.25) is 0 Å². The number of hydrogen-bond acceptors (Lipinski definition) is 0. The summed E-state index contributed by atoms with van der Waals surface area (Å²) < 4.78 is 0. The van der Waals surface area contributed by atoms with Gasteiger partial charge in [0, 0.05) is 10.8 Å². The average molecular weight is 343 g/mol. The summed E-state index contributed by atoms with van der Waals surface area (Å²) in [7, 11) is 10.3. The molecule has 0 saturated carbocycles. The molecule has 0 unspecified atom stereocenters. The first kappa shape index (κ1) is 12.6. The summed E-state index contributed by atoms with van der Waals surface area (Å²) in [5.41, 5.74) is 0.570. The number of hydrogen-bond donors (Lipinski definition) is 0. The molecule has 0 aromatic rings. The molecular weight excluding hydrogens is 337 g/mol. The van der Waals surface area contributed by atoms with E-state index in [0.717, 1.165) is 0 Å². The molecule has 0 aromatic carbocycles. The lowest BCUT2D eigenvalue weighted by Crippen LogP contribution is -2.46. The molecule has 1 saturated heterocycles. The third-order valence-corrected chi connectivity index (χ3v) is 24.9. The lowest BCUT2D eigenvalue weighted by molar-refractivity contribution is 1.72. The monoisotopic (exact) mass is 340 g/mol. The predicted molar refractivity (Wildman–Crippen MR) is 68.8 cm³/mol. The quantitative estimate of drug-likeness (QED) is 0.447. The molecule has 1 rings (SSSR count). The van der Waals surface area contributed by atoms with Crippen molar-refractivity contribution in [3.8, 4) is 0 Å². The Bertz CT molecular complexity index is 148. The highest BCUT2D eigenvalue weighted by molar-refractivity contribution is 8.67. The van der Waals surface area contributed by atoms with E-state index in [0.29, 0.717) is 16.4 Å². The lowest BCUT2D eigenvalue weighted by atomic mass is 11.8. The van der Waals surface area contributed by atoms with Crippen LogP contribution in [0.15, 0.2) is 0 Å². The zero-order valence-electron chi connectivity index (χ0n) is 5.80. The van der Waals surface area contributed by atoms with Crippen LogP contribution in [0.2, 0.25) is 5.67 Å². The number of halogens is 6. The maximum Gasteiger partial charge on any atom is 0.261 e. The Hall–Kier alpha value is 2.52. The van der Waals surface area contributed by atoms with Crippen molar-refractivity contribution >= 4 is 87.5 Å². The Morgan fingerprint density at radius 1 is 0.833 bits per heavy atom. The number of rotatable bonds is 0. The molecule has 0 aliphatic carbocycles. The standard InChI is InChI=1S/C3H6Cl6SSi2/c4-10(5)1-11(6,7)3-12(8,9)2-10/h1-3H2. The minimum absolute atomic E-state index is 0.528. The molecule has 1 aliphatic heterocycles. The second kappa shape index (κ2) is 3.83. The van der Waals surface area contributed by atoms with Crippen LogP contribution in [0, 0.1) is 0 Å². The van der Waals surface area contributed by atoms with Gasteiger partial charge in [-0.1, -0.05) is 29.8 Å². The highest BCUT2D eigenvalue weighted by atomic mass is 36.0. The first-order chi connectivity index (χ1) is 5.12. The van der Waals surface area contributed by atoms with Gasteiger partial charge < -0.3 is 0 Å². The molecule has 0 atom stereocenters. The molecule has 9 heteroatoms. The first-order valence-electron chi connectivity index (χ1n) is 3.06. The van der Waals surface area contributed by atoms with Gasteiger partial charge in [-0.2, -0.15) is 0 Å². The third kappa shape index (κ3) is 3.95. The van der Waals surface area contributed by atoms with Gasteiger partial charge in [-0.05, 0) is 5.67 Å². The van der Waals surface area contributed by atoms with E-state index in [1.54, 1.807) is 0 Å². The van der Waals surface area contributed by atoms with Crippen LogP contribution in [-0.2, 0) is 0 Å². The van der Waals surface area contributed by atoms with Crippen LogP contribution in [0.1, 0.15) is 0 Å². The van der Waals surface area contributed by atoms with Crippen molar-refractivity contribution in [3.05, 3.63) is 0 Å². The average Bonchev–Trinajstić information content (AvgIpc) is 1.44. The van der Waals surface area contributed by atoms with Gasteiger partial charge in [0.15, 0.2) is 0 Å². The molecule has 0 bridgehead atoms. The molecule has 1 heterocycles. The summed E-state index contributed by atoms with van der Waals surface area (Å²) in [5, 5.41) is 1.06. The van der Waals surface area contributed by atoms with E-state index in [4.69, 9.17) is 65.7 Å². The van der Waals surface area contributed by atoms with E-state index < -0.39 is 21.8 Å². The SMILES string of the molecule is Cl[Si]1(Cl)C[Si](Cl)(Cl)CS(Cl)(Cl)C1. The van der Waals surface area contributed by atoms with E-state index in [2.05, 4.69) is 0 Å². The van der Waals surface area contributed by atoms with Gasteiger partial charge in [0.25, 0.3) is 13.4 Å². The maximum atomic E-state index is 6.06. The fraction of sp³-hybridized carbons (Fsp3) is 1.00. The Labute approximate surface area is 103 Å². The molecule has 0 radical (unpaired) electrons. The molecule has 12 heavy (non-hydrogen) atoms. The van der Waals surface area contributed by atoms with Crippen LogP contribution < -0.4 is 0 Å². The van der Waals surface area contributed by atoms with Crippen molar-refractivity contribution in [3.63, 3.8) is 0 Å². The molecule has 0 aromatic heterocycles. The van der Waals surface area contributed by atoms with Crippen molar-refractivity contribution in [1.29, 1.82) is 0 Å². The Kier molecular flexibility index (Phi) is 4.02. The molecule has 74 valence electrons. The molecule has 0 nitrogen and oxygen atoms in total. The van der Waals surface area contributed by atoms with Crippen LogP contribution in [-0.4, -0.2) is 24.1 Å². The van der Waals surface area contributed by atoms with Crippen molar-refractivity contribution in [1.82, 2.24) is 0 Å². The summed E-state index contributed by atoms with van der Waals surface area (Å²) in [6.45, 7) is -4.69. The molecule has 0 amide bonds. The lowest BCUT2D eigenvalue weighted by Gasteiger charge is -2.40. The summed E-state index contributed by atoms with van der Waals surface area (Å²) in [6, 6.07) is 0. The molecular formula is C3H6Cl6SSi2. The summed E-state index contributed by atoms with van der Waals surface area (Å²) in [4.78, 5) is 0. The van der Waals surface area contributed by atoms with Crippen LogP contribution in [0.3, 0.4) is 0 Å². The Morgan fingerprint density at radius 3 is 1.42 bits per heavy atom. The Balaban J connectivity index is 2.81. The summed E-state index contributed by atoms with van der Waals surface area (Å²) >= 11 is 24.3. The maximum absolute atomic E-state index is 6.06. The van der Waals surface area contributed by atoms with Crippen molar-refractivity contribution in [2.75, 3.05) is 10.8 Å². The molecule has 0 N–H and O–H groups in total. The highest BCUT2D eigenvalue weighted by Gasteiger charge is 2.53. The van der Waals surface area contributed by atoms with Gasteiger partial charge in [0.1, 0.15) is 0 Å². The summed E-state index contributed by atoms with van der Waals surface area (Å²) in [6.07, 6.45) is 0. The molecule has 1 aliphatic rings. The van der Waals surface area contributed by atoms with Gasteiger partial charge >= 0.3 is 0 Å². The first-order valence-corrected chi connectivity index (χ1v) is 15.6. The smallest absolute Gasteiger partial charge is 0.145 e. The highest BCUT2D eigenvalue weighted by Crippen LogP contribution is 2.66. The van der Waals surface area contributed by atoms with Crippen molar-refractivity contribution in [2.45, 2.75) is 5.67 Å². The minimum Gasteiger partial charge on any atom is -0.145 e. The van der Waals surface area contributed by atoms with E-state index in [-0.39, 0.29) is 0 Å². The zero-order valence-corrected chi connectivity index (χ0v) is 13.1. The summed E-state index contributed by atoms with van der Waals surface area (Å²) in [5.74, 6) is 0. The fourth-order valence-electron chi connectivity index (χ4n) is 1.15. The zero-order chi connectivity index (χ0) is 9.62. The van der Waals surface area contributed by atoms with E-state index in [1.165, 1.54) is 0 Å². The van der Waals surface area contributed by atoms with Crippen molar-refractivity contribution in [2.24, 2.45) is 0 Å². The predicted octanol–water partition coefficient (Wildman–Crippen LogP) is 4.57. The van der Waals surface area contributed by atoms with Gasteiger partial charge in [-0.25, -0.2) is 0 Å². The van der Waals surface area contributed by atoms with E-state index in [9.17, 15) is 0 Å².